The molecule has 0 saturated carbocycles. The average molecular weight is 471 g/mol. The van der Waals surface area contributed by atoms with Crippen LogP contribution in [0.5, 0.6) is 0 Å². The lowest BCUT2D eigenvalue weighted by Crippen LogP contribution is -2.53. The van der Waals surface area contributed by atoms with Crippen molar-refractivity contribution in [2.45, 2.75) is 58.6 Å². The van der Waals surface area contributed by atoms with Crippen LogP contribution in [0.2, 0.25) is 0 Å². The third-order valence-corrected chi connectivity index (χ3v) is 7.07. The molecule has 3 aliphatic rings. The molecular weight excluding hydrogens is 432 g/mol. The molecule has 186 valence electrons. The molecule has 0 aromatic heterocycles. The summed E-state index contributed by atoms with van der Waals surface area (Å²) in [4.78, 5) is 44.3. The number of anilines is 1. The quantitative estimate of drug-likeness (QED) is 0.730. The van der Waals surface area contributed by atoms with Crippen molar-refractivity contribution in [2.24, 2.45) is 5.41 Å². The molecule has 3 amide bonds. The minimum atomic E-state index is -0.394. The van der Waals surface area contributed by atoms with Crippen molar-refractivity contribution in [2.75, 3.05) is 50.8 Å². The fourth-order valence-corrected chi connectivity index (χ4v) is 4.87. The number of amides is 3. The fourth-order valence-electron chi connectivity index (χ4n) is 4.87. The second-order valence-corrected chi connectivity index (χ2v) is 10.6. The summed E-state index contributed by atoms with van der Waals surface area (Å²) in [7, 11) is 0. The minimum Gasteiger partial charge on any atom is -0.371 e. The van der Waals surface area contributed by atoms with Crippen LogP contribution in [0.4, 0.5) is 5.69 Å². The van der Waals surface area contributed by atoms with Crippen molar-refractivity contribution >= 4 is 23.4 Å². The van der Waals surface area contributed by atoms with Gasteiger partial charge in [-0.3, -0.25) is 14.4 Å². The number of nitrogens with zero attached hydrogens (tertiary/aromatic N) is 3. The van der Waals surface area contributed by atoms with E-state index in [0.29, 0.717) is 38.3 Å². The summed E-state index contributed by atoms with van der Waals surface area (Å²) >= 11 is 0. The molecule has 1 N–H and O–H groups in total. The lowest BCUT2D eigenvalue weighted by molar-refractivity contribution is -0.142. The van der Waals surface area contributed by atoms with Gasteiger partial charge < -0.3 is 24.8 Å². The third-order valence-electron chi connectivity index (χ3n) is 7.07. The van der Waals surface area contributed by atoms with Crippen LogP contribution in [-0.2, 0) is 14.3 Å². The largest absolute Gasteiger partial charge is 0.371 e. The molecule has 1 aromatic carbocycles. The number of hydrogen-bond donors (Lipinski definition) is 1. The molecule has 0 unspecified atom stereocenters. The number of carbonyl (C=O) groups excluding carboxylic acids is 3. The van der Waals surface area contributed by atoms with Gasteiger partial charge in [0.15, 0.2) is 0 Å². The number of piperazine rings is 1. The summed E-state index contributed by atoms with van der Waals surface area (Å²) in [6, 6.07) is 7.95. The van der Waals surface area contributed by atoms with Gasteiger partial charge in [0, 0.05) is 63.0 Å². The van der Waals surface area contributed by atoms with Gasteiger partial charge in [0.25, 0.3) is 11.8 Å². The summed E-state index contributed by atoms with van der Waals surface area (Å²) in [5.74, 6) is 0.160. The van der Waals surface area contributed by atoms with E-state index in [4.69, 9.17) is 4.74 Å². The fraction of sp³-hybridized carbons (Fsp3) is 0.654. The molecule has 0 aliphatic carbocycles. The number of piperidine rings is 1. The molecule has 3 fully saturated rings. The third kappa shape index (κ3) is 5.54. The van der Waals surface area contributed by atoms with Gasteiger partial charge in [-0.25, -0.2) is 0 Å². The average Bonchev–Trinajstić information content (AvgIpc) is 3.38. The molecule has 1 aromatic rings. The number of hydrogen-bond acceptors (Lipinski definition) is 5. The first kappa shape index (κ1) is 24.5. The molecule has 3 aliphatic heterocycles. The summed E-state index contributed by atoms with van der Waals surface area (Å²) in [6.45, 7) is 10.2. The van der Waals surface area contributed by atoms with E-state index in [9.17, 15) is 14.4 Å². The van der Waals surface area contributed by atoms with Crippen LogP contribution < -0.4 is 10.2 Å². The molecule has 1 atom stereocenters. The van der Waals surface area contributed by atoms with E-state index < -0.39 is 5.41 Å². The predicted octanol–water partition coefficient (Wildman–Crippen LogP) is 2.28. The van der Waals surface area contributed by atoms with E-state index in [0.717, 1.165) is 44.5 Å². The van der Waals surface area contributed by atoms with Crippen LogP contribution in [0.25, 0.3) is 0 Å². The maximum absolute atomic E-state index is 13.4. The highest BCUT2D eigenvalue weighted by molar-refractivity contribution is 6.00. The summed E-state index contributed by atoms with van der Waals surface area (Å²) in [5.41, 5.74) is 1.26. The number of nitrogens with one attached hydrogen (secondary N) is 1. The number of para-hydroxylation sites is 1. The first-order valence-corrected chi connectivity index (χ1v) is 12.6. The van der Waals surface area contributed by atoms with Gasteiger partial charge in [-0.15, -0.1) is 0 Å². The minimum absolute atomic E-state index is 0.0166. The van der Waals surface area contributed by atoms with Gasteiger partial charge in [-0.2, -0.15) is 0 Å². The van der Waals surface area contributed by atoms with Crippen LogP contribution in [0.1, 0.15) is 56.8 Å². The maximum atomic E-state index is 13.4. The second-order valence-electron chi connectivity index (χ2n) is 10.6. The van der Waals surface area contributed by atoms with Crippen LogP contribution in [0.15, 0.2) is 24.3 Å². The smallest absolute Gasteiger partial charge is 0.256 e. The van der Waals surface area contributed by atoms with Gasteiger partial charge in [-0.1, -0.05) is 32.9 Å². The Balaban J connectivity index is 1.34. The van der Waals surface area contributed by atoms with E-state index >= 15 is 0 Å². The lowest BCUT2D eigenvalue weighted by atomic mass is 9.94. The van der Waals surface area contributed by atoms with Crippen molar-refractivity contribution in [1.82, 2.24) is 15.1 Å². The van der Waals surface area contributed by atoms with Crippen LogP contribution in [-0.4, -0.2) is 85.5 Å². The number of carbonyl (C=O) groups is 3. The second kappa shape index (κ2) is 10.3. The molecule has 8 heteroatoms. The number of benzene rings is 1. The Bertz CT molecular complexity index is 890. The zero-order chi connectivity index (χ0) is 24.3. The highest BCUT2D eigenvalue weighted by Gasteiger charge is 2.33. The Morgan fingerprint density at radius 2 is 1.56 bits per heavy atom. The molecular formula is C26H38N4O4. The van der Waals surface area contributed by atoms with E-state index in [2.05, 4.69) is 10.2 Å². The first-order chi connectivity index (χ1) is 16.2. The Kier molecular flexibility index (Phi) is 7.45. The Hall–Kier alpha value is -2.61. The summed E-state index contributed by atoms with van der Waals surface area (Å²) in [5, 5.41) is 3.17. The first-order valence-electron chi connectivity index (χ1n) is 12.6. The molecule has 0 radical (unpaired) electrons. The maximum Gasteiger partial charge on any atom is 0.256 e. The van der Waals surface area contributed by atoms with E-state index in [1.54, 1.807) is 0 Å². The normalized spacial score (nSPS) is 22.1. The standard InChI is InChI=1S/C26H38N4O4/c1-26(2,3)25(33)27-19-10-12-28(13-11-19)21-8-5-4-7-20(21)23(31)29-14-16-30(17-15-29)24(32)22-9-6-18-34-22/h4-5,7-8,19,22H,6,9-18H2,1-3H3,(H,27,33)/t22-/m1/s1. The summed E-state index contributed by atoms with van der Waals surface area (Å²) < 4.78 is 5.54. The summed E-state index contributed by atoms with van der Waals surface area (Å²) in [6.07, 6.45) is 3.13. The van der Waals surface area contributed by atoms with Crippen LogP contribution >= 0.6 is 0 Å². The Morgan fingerprint density at radius 3 is 2.18 bits per heavy atom. The van der Waals surface area contributed by atoms with Crippen LogP contribution in [0.3, 0.4) is 0 Å². The zero-order valence-corrected chi connectivity index (χ0v) is 20.7. The SMILES string of the molecule is CC(C)(C)C(=O)NC1CCN(c2ccccc2C(=O)N2CCN(C(=O)[C@H]3CCCO3)CC2)CC1. The van der Waals surface area contributed by atoms with Crippen molar-refractivity contribution in [3.05, 3.63) is 29.8 Å². The van der Waals surface area contributed by atoms with Gasteiger partial charge in [0.2, 0.25) is 5.91 Å². The van der Waals surface area contributed by atoms with Crippen LogP contribution in [0, 0.1) is 5.41 Å². The van der Waals surface area contributed by atoms with Gasteiger partial charge in [0.1, 0.15) is 6.10 Å². The monoisotopic (exact) mass is 470 g/mol. The number of ether oxygens (including phenoxy) is 1. The molecule has 0 bridgehead atoms. The molecule has 34 heavy (non-hydrogen) atoms. The molecule has 4 rings (SSSR count). The highest BCUT2D eigenvalue weighted by atomic mass is 16.5. The van der Waals surface area contributed by atoms with Crippen molar-refractivity contribution in [3.8, 4) is 0 Å². The van der Waals surface area contributed by atoms with E-state index in [1.807, 2.05) is 54.8 Å². The van der Waals surface area contributed by atoms with E-state index in [1.165, 1.54) is 0 Å². The van der Waals surface area contributed by atoms with Crippen molar-refractivity contribution in [1.29, 1.82) is 0 Å². The lowest BCUT2D eigenvalue weighted by Gasteiger charge is -2.38. The van der Waals surface area contributed by atoms with Crippen molar-refractivity contribution < 1.29 is 19.1 Å². The molecule has 3 heterocycles. The molecule has 3 saturated heterocycles. The Labute approximate surface area is 202 Å². The molecule has 8 nitrogen and oxygen atoms in total. The van der Waals surface area contributed by atoms with Gasteiger partial charge in [0.05, 0.1) is 5.56 Å². The van der Waals surface area contributed by atoms with Gasteiger partial charge in [-0.05, 0) is 37.8 Å². The van der Waals surface area contributed by atoms with Crippen molar-refractivity contribution in [3.63, 3.8) is 0 Å². The number of rotatable bonds is 4. The zero-order valence-electron chi connectivity index (χ0n) is 20.7. The highest BCUT2D eigenvalue weighted by Crippen LogP contribution is 2.27. The Morgan fingerprint density at radius 1 is 0.912 bits per heavy atom. The molecule has 0 spiro atoms. The van der Waals surface area contributed by atoms with E-state index in [-0.39, 0.29) is 29.9 Å². The predicted molar refractivity (Wildman–Crippen MR) is 131 cm³/mol. The van der Waals surface area contributed by atoms with Gasteiger partial charge >= 0.3 is 0 Å². The topological polar surface area (TPSA) is 82.2 Å².